The van der Waals surface area contributed by atoms with E-state index in [9.17, 15) is 9.59 Å². The Morgan fingerprint density at radius 1 is 1.06 bits per heavy atom. The maximum Gasteiger partial charge on any atom is 0.343 e. The van der Waals surface area contributed by atoms with Gasteiger partial charge in [0.05, 0.1) is 18.5 Å². The molecule has 1 N–H and O–H groups in total. The normalized spacial score (nSPS) is 10.6. The highest BCUT2D eigenvalue weighted by Crippen LogP contribution is 2.23. The third kappa shape index (κ3) is 5.12. The van der Waals surface area contributed by atoms with E-state index >= 15 is 0 Å². The van der Waals surface area contributed by atoms with Gasteiger partial charge >= 0.3 is 5.97 Å². The standard InChI is InChI=1S/C25H23N3O5/c1-3-31-25(30)21-15-26-28(18-9-5-4-6-10-18)23(21)27-24(29)22-13-12-20(33-22)16-32-19-11-7-8-17(2)14-19/h4-15H,3,16H2,1-2H3,(H,27,29). The molecule has 0 unspecified atom stereocenters. The van der Waals surface area contributed by atoms with Crippen LogP contribution in [0.4, 0.5) is 5.82 Å². The summed E-state index contributed by atoms with van der Waals surface area (Å²) in [5, 5.41) is 7.00. The average molecular weight is 445 g/mol. The van der Waals surface area contributed by atoms with Gasteiger partial charge in [0.1, 0.15) is 23.7 Å². The second-order valence-electron chi connectivity index (χ2n) is 7.20. The van der Waals surface area contributed by atoms with E-state index in [0.717, 1.165) is 5.56 Å². The van der Waals surface area contributed by atoms with E-state index in [4.69, 9.17) is 13.9 Å². The van der Waals surface area contributed by atoms with Crippen molar-refractivity contribution in [2.24, 2.45) is 0 Å². The first-order valence-corrected chi connectivity index (χ1v) is 10.4. The first-order chi connectivity index (χ1) is 16.0. The van der Waals surface area contributed by atoms with Gasteiger partial charge in [-0.15, -0.1) is 0 Å². The van der Waals surface area contributed by atoms with Crippen molar-refractivity contribution < 1.29 is 23.5 Å². The fourth-order valence-electron chi connectivity index (χ4n) is 3.20. The molecule has 0 fully saturated rings. The molecule has 33 heavy (non-hydrogen) atoms. The maximum absolute atomic E-state index is 12.9. The minimum atomic E-state index is -0.582. The molecule has 8 heteroatoms. The Balaban J connectivity index is 1.53. The van der Waals surface area contributed by atoms with Gasteiger partial charge in [-0.3, -0.25) is 4.79 Å². The molecule has 0 aliphatic carbocycles. The van der Waals surface area contributed by atoms with Crippen molar-refractivity contribution in [3.05, 3.63) is 95.6 Å². The molecule has 8 nitrogen and oxygen atoms in total. The number of carbonyl (C=O) groups is 2. The summed E-state index contributed by atoms with van der Waals surface area (Å²) in [7, 11) is 0. The summed E-state index contributed by atoms with van der Waals surface area (Å²) in [6.45, 7) is 4.06. The highest BCUT2D eigenvalue weighted by molar-refractivity contribution is 6.06. The molecule has 168 valence electrons. The number of nitrogens with zero attached hydrogens (tertiary/aromatic N) is 2. The third-order valence-corrected chi connectivity index (χ3v) is 4.75. The van der Waals surface area contributed by atoms with Crippen LogP contribution < -0.4 is 10.1 Å². The number of hydrogen-bond donors (Lipinski definition) is 1. The number of aromatic nitrogens is 2. The van der Waals surface area contributed by atoms with Gasteiger partial charge in [0, 0.05) is 0 Å². The van der Waals surface area contributed by atoms with Gasteiger partial charge < -0.3 is 19.2 Å². The monoisotopic (exact) mass is 445 g/mol. The third-order valence-electron chi connectivity index (χ3n) is 4.75. The number of amides is 1. The maximum atomic E-state index is 12.9. The summed E-state index contributed by atoms with van der Waals surface area (Å²) in [5.41, 5.74) is 1.90. The quantitative estimate of drug-likeness (QED) is 0.392. The highest BCUT2D eigenvalue weighted by atomic mass is 16.5. The molecule has 2 aromatic heterocycles. The van der Waals surface area contributed by atoms with Gasteiger partial charge in [-0.2, -0.15) is 5.10 Å². The summed E-state index contributed by atoms with van der Waals surface area (Å²) >= 11 is 0. The number of carbonyl (C=O) groups excluding carboxylic acids is 2. The lowest BCUT2D eigenvalue weighted by molar-refractivity contribution is 0.0527. The lowest BCUT2D eigenvalue weighted by atomic mass is 10.2. The summed E-state index contributed by atoms with van der Waals surface area (Å²) in [6, 6.07) is 20.0. The van der Waals surface area contributed by atoms with Crippen LogP contribution in [-0.2, 0) is 11.3 Å². The Morgan fingerprint density at radius 2 is 1.88 bits per heavy atom. The molecule has 0 aliphatic rings. The minimum Gasteiger partial charge on any atom is -0.486 e. The number of benzene rings is 2. The number of rotatable bonds is 8. The molecular weight excluding hydrogens is 422 g/mol. The Morgan fingerprint density at radius 3 is 2.64 bits per heavy atom. The van der Waals surface area contributed by atoms with Crippen LogP contribution in [0.3, 0.4) is 0 Å². The number of hydrogen-bond acceptors (Lipinski definition) is 6. The summed E-state index contributed by atoms with van der Waals surface area (Å²) < 4.78 is 18.0. The van der Waals surface area contributed by atoms with Crippen LogP contribution in [-0.4, -0.2) is 28.3 Å². The van der Waals surface area contributed by atoms with E-state index in [1.165, 1.54) is 10.9 Å². The molecule has 0 saturated heterocycles. The largest absolute Gasteiger partial charge is 0.486 e. The predicted octanol–water partition coefficient (Wildman–Crippen LogP) is 4.78. The van der Waals surface area contributed by atoms with Gasteiger partial charge in [-0.25, -0.2) is 9.48 Å². The van der Waals surface area contributed by atoms with E-state index in [1.54, 1.807) is 19.1 Å². The average Bonchev–Trinajstić information content (AvgIpc) is 3.46. The second kappa shape index (κ2) is 9.86. The molecule has 0 bridgehead atoms. The van der Waals surface area contributed by atoms with Crippen molar-refractivity contribution in [3.8, 4) is 11.4 Å². The van der Waals surface area contributed by atoms with Crippen LogP contribution in [0.5, 0.6) is 5.75 Å². The predicted molar refractivity (Wildman–Crippen MR) is 122 cm³/mol. The van der Waals surface area contributed by atoms with Crippen LogP contribution in [0.2, 0.25) is 0 Å². The number of nitrogens with one attached hydrogen (secondary N) is 1. The van der Waals surface area contributed by atoms with Gasteiger partial charge in [0.2, 0.25) is 0 Å². The van der Waals surface area contributed by atoms with Crippen molar-refractivity contribution in [1.82, 2.24) is 9.78 Å². The zero-order chi connectivity index (χ0) is 23.2. The molecule has 0 spiro atoms. The number of esters is 1. The zero-order valence-electron chi connectivity index (χ0n) is 18.3. The van der Waals surface area contributed by atoms with E-state index in [2.05, 4.69) is 10.4 Å². The lowest BCUT2D eigenvalue weighted by Gasteiger charge is -2.10. The summed E-state index contributed by atoms with van der Waals surface area (Å²) in [6.07, 6.45) is 1.36. The molecule has 0 aliphatic heterocycles. The van der Waals surface area contributed by atoms with Gasteiger partial charge in [-0.05, 0) is 55.8 Å². The van der Waals surface area contributed by atoms with Crippen molar-refractivity contribution in [1.29, 1.82) is 0 Å². The molecular formula is C25H23N3O5. The van der Waals surface area contributed by atoms with Gasteiger partial charge in [-0.1, -0.05) is 30.3 Å². The van der Waals surface area contributed by atoms with Gasteiger partial charge in [0.15, 0.2) is 11.6 Å². The molecule has 2 aromatic carbocycles. The lowest BCUT2D eigenvalue weighted by Crippen LogP contribution is -2.17. The first-order valence-electron chi connectivity index (χ1n) is 10.4. The van der Waals surface area contributed by atoms with Crippen LogP contribution in [0.25, 0.3) is 5.69 Å². The SMILES string of the molecule is CCOC(=O)c1cnn(-c2ccccc2)c1NC(=O)c1ccc(COc2cccc(C)c2)o1. The molecule has 0 atom stereocenters. The van der Waals surface area contributed by atoms with Crippen molar-refractivity contribution >= 4 is 17.7 Å². The van der Waals surface area contributed by atoms with E-state index in [0.29, 0.717) is 17.2 Å². The van der Waals surface area contributed by atoms with Crippen LogP contribution in [0.15, 0.2) is 77.3 Å². The van der Waals surface area contributed by atoms with Crippen LogP contribution in [0, 0.1) is 6.92 Å². The molecule has 0 saturated carbocycles. The summed E-state index contributed by atoms with van der Waals surface area (Å²) in [4.78, 5) is 25.3. The zero-order valence-corrected chi connectivity index (χ0v) is 18.3. The number of ether oxygens (including phenoxy) is 2. The molecule has 4 aromatic rings. The van der Waals surface area contributed by atoms with E-state index in [-0.39, 0.29) is 30.4 Å². The Bertz CT molecular complexity index is 1260. The minimum absolute atomic E-state index is 0.0773. The Labute approximate surface area is 190 Å². The van der Waals surface area contributed by atoms with E-state index < -0.39 is 11.9 Å². The Hall–Kier alpha value is -4.33. The molecule has 1 amide bonds. The fraction of sp³-hybridized carbons (Fsp3) is 0.160. The molecule has 2 heterocycles. The topological polar surface area (TPSA) is 95.6 Å². The molecule has 4 rings (SSSR count). The second-order valence-corrected chi connectivity index (χ2v) is 7.20. The highest BCUT2D eigenvalue weighted by Gasteiger charge is 2.23. The summed E-state index contributed by atoms with van der Waals surface area (Å²) in [5.74, 6) is 0.362. The number of para-hydroxylation sites is 1. The van der Waals surface area contributed by atoms with Crippen molar-refractivity contribution in [3.63, 3.8) is 0 Å². The first kappa shape index (κ1) is 21.9. The van der Waals surface area contributed by atoms with Gasteiger partial charge in [0.25, 0.3) is 5.91 Å². The van der Waals surface area contributed by atoms with Crippen molar-refractivity contribution in [2.75, 3.05) is 11.9 Å². The van der Waals surface area contributed by atoms with Crippen LogP contribution >= 0.6 is 0 Å². The smallest absolute Gasteiger partial charge is 0.343 e. The number of furan rings is 1. The fourth-order valence-corrected chi connectivity index (χ4v) is 3.20. The Kier molecular flexibility index (Phi) is 6.54. The number of aryl methyl sites for hydroxylation is 1. The van der Waals surface area contributed by atoms with Crippen LogP contribution in [0.1, 0.15) is 39.2 Å². The number of anilines is 1. The van der Waals surface area contributed by atoms with Crippen molar-refractivity contribution in [2.45, 2.75) is 20.5 Å². The van der Waals surface area contributed by atoms with E-state index in [1.807, 2.05) is 61.5 Å². The molecule has 0 radical (unpaired) electrons.